The van der Waals surface area contributed by atoms with Crippen molar-refractivity contribution in [2.45, 2.75) is 25.3 Å². The van der Waals surface area contributed by atoms with Gasteiger partial charge in [-0.25, -0.2) is 4.79 Å². The summed E-state index contributed by atoms with van der Waals surface area (Å²) in [6.45, 7) is 4.42. The quantitative estimate of drug-likeness (QED) is 0.555. The minimum atomic E-state index is -0.961. The Labute approximate surface area is 166 Å². The predicted molar refractivity (Wildman–Crippen MR) is 95.4 cm³/mol. The van der Waals surface area contributed by atoms with Crippen molar-refractivity contribution in [3.05, 3.63) is 23.4 Å². The number of hydrogen-bond donors (Lipinski definition) is 3. The molecule has 3 aliphatic heterocycles. The van der Waals surface area contributed by atoms with Gasteiger partial charge >= 0.3 is 24.8 Å². The van der Waals surface area contributed by atoms with Crippen LogP contribution in [-0.4, -0.2) is 65.5 Å². The second-order valence-corrected chi connectivity index (χ2v) is 7.03. The van der Waals surface area contributed by atoms with E-state index in [1.807, 2.05) is 0 Å². The van der Waals surface area contributed by atoms with Crippen molar-refractivity contribution in [1.82, 2.24) is 20.4 Å². The van der Waals surface area contributed by atoms with Gasteiger partial charge < -0.3 is 21.5 Å². The molecule has 3 saturated heterocycles. The van der Waals surface area contributed by atoms with Gasteiger partial charge in [0, 0.05) is 42.7 Å². The van der Waals surface area contributed by atoms with Crippen LogP contribution in [0.15, 0.2) is 12.1 Å². The number of aromatic carboxylic acids is 1. The third-order valence-electron chi connectivity index (χ3n) is 5.61. The molecule has 3 aliphatic rings. The van der Waals surface area contributed by atoms with Gasteiger partial charge in [0.15, 0.2) is 0 Å². The fraction of sp³-hybridized carbons (Fsp3) is 0.556. The Kier molecular flexibility index (Phi) is 5.93. The van der Waals surface area contributed by atoms with E-state index in [9.17, 15) is 9.90 Å². The third-order valence-corrected chi connectivity index (χ3v) is 5.61. The molecule has 2 bridgehead atoms. The smallest absolute Gasteiger partial charge is 1.00 e. The zero-order valence-corrected chi connectivity index (χ0v) is 15.4. The molecule has 0 spiro atoms. The van der Waals surface area contributed by atoms with E-state index in [-0.39, 0.29) is 25.9 Å². The van der Waals surface area contributed by atoms with Crippen molar-refractivity contribution >= 4 is 16.9 Å². The standard InChI is InChI=1S/C18H24N4O3.Li.H/c1-25-12-8-13(18(23)24)17-14(20-21-15(17)9-12)2-5-19-16-10-22-6-3-11(16)4-7-22;;/h8-9,11,16,19H,2-7,10H2,1H3,(H,20,21)(H,23,24);;/q;+1;-1. The molecule has 1 atom stereocenters. The van der Waals surface area contributed by atoms with Crippen molar-refractivity contribution in [2.24, 2.45) is 5.92 Å². The normalized spacial score (nSPS) is 24.4. The molecule has 1 unspecified atom stereocenters. The number of carboxylic acid groups (broad SMARTS) is 1. The van der Waals surface area contributed by atoms with Gasteiger partial charge in [-0.15, -0.1) is 0 Å². The number of aromatic amines is 1. The number of methoxy groups -OCH3 is 1. The zero-order valence-electron chi connectivity index (χ0n) is 16.4. The van der Waals surface area contributed by atoms with E-state index in [0.29, 0.717) is 22.7 Å². The van der Waals surface area contributed by atoms with E-state index in [4.69, 9.17) is 4.74 Å². The van der Waals surface area contributed by atoms with Gasteiger partial charge in [-0.2, -0.15) is 5.10 Å². The van der Waals surface area contributed by atoms with Crippen LogP contribution in [-0.2, 0) is 6.42 Å². The molecule has 7 nitrogen and oxygen atoms in total. The van der Waals surface area contributed by atoms with E-state index >= 15 is 0 Å². The summed E-state index contributed by atoms with van der Waals surface area (Å²) < 4.78 is 5.18. The first-order valence-corrected chi connectivity index (χ1v) is 8.89. The molecule has 0 saturated carbocycles. The maximum atomic E-state index is 11.6. The van der Waals surface area contributed by atoms with Crippen molar-refractivity contribution in [1.29, 1.82) is 0 Å². The second-order valence-electron chi connectivity index (χ2n) is 7.03. The Morgan fingerprint density at radius 2 is 2.23 bits per heavy atom. The number of piperidine rings is 3. The fourth-order valence-electron chi connectivity index (χ4n) is 4.24. The second kappa shape index (κ2) is 8.01. The Hall–Kier alpha value is -1.52. The molecule has 1 aromatic carbocycles. The molecular weight excluding hydrogens is 327 g/mol. The van der Waals surface area contributed by atoms with Gasteiger partial charge in [-0.1, -0.05) is 0 Å². The first-order chi connectivity index (χ1) is 12.2. The van der Waals surface area contributed by atoms with Gasteiger partial charge in [-0.05, 0) is 37.9 Å². The number of aromatic nitrogens is 2. The van der Waals surface area contributed by atoms with Gasteiger partial charge in [0.25, 0.3) is 0 Å². The average molecular weight is 352 g/mol. The van der Waals surface area contributed by atoms with E-state index in [0.717, 1.165) is 31.1 Å². The van der Waals surface area contributed by atoms with Gasteiger partial charge in [-0.3, -0.25) is 5.10 Å². The van der Waals surface area contributed by atoms with Crippen LogP contribution in [0.1, 0.15) is 30.3 Å². The van der Waals surface area contributed by atoms with Crippen molar-refractivity contribution in [3.8, 4) is 5.75 Å². The molecule has 3 N–H and O–H groups in total. The summed E-state index contributed by atoms with van der Waals surface area (Å²) in [5, 5.41) is 21.2. The van der Waals surface area contributed by atoms with Crippen LogP contribution in [0.25, 0.3) is 10.9 Å². The SMILES string of the molecule is COc1cc(C(=O)O)c2c(CCNC3CN4CCC3CC4)[nH]nc2c1.[H-].[Li+]. The zero-order chi connectivity index (χ0) is 17.4. The van der Waals surface area contributed by atoms with Crippen LogP contribution in [0.5, 0.6) is 5.75 Å². The molecule has 4 heterocycles. The number of nitrogens with one attached hydrogen (secondary N) is 2. The maximum Gasteiger partial charge on any atom is 1.00 e. The van der Waals surface area contributed by atoms with E-state index in [2.05, 4.69) is 20.4 Å². The monoisotopic (exact) mass is 352 g/mol. The maximum absolute atomic E-state index is 11.6. The number of carbonyl (C=O) groups is 1. The van der Waals surface area contributed by atoms with Gasteiger partial charge in [0.1, 0.15) is 5.75 Å². The Morgan fingerprint density at radius 3 is 2.85 bits per heavy atom. The van der Waals surface area contributed by atoms with Crippen molar-refractivity contribution in [3.63, 3.8) is 0 Å². The van der Waals surface area contributed by atoms with Crippen LogP contribution in [0.3, 0.4) is 0 Å². The first kappa shape index (κ1) is 19.2. The number of rotatable bonds is 6. The number of hydrogen-bond acceptors (Lipinski definition) is 5. The summed E-state index contributed by atoms with van der Waals surface area (Å²) >= 11 is 0. The van der Waals surface area contributed by atoms with Crippen molar-refractivity contribution < 1.29 is 34.9 Å². The number of ether oxygens (including phenoxy) is 1. The molecule has 26 heavy (non-hydrogen) atoms. The fourth-order valence-corrected chi connectivity index (χ4v) is 4.24. The summed E-state index contributed by atoms with van der Waals surface area (Å²) in [4.78, 5) is 14.1. The van der Waals surface area contributed by atoms with Crippen LogP contribution in [0.2, 0.25) is 0 Å². The molecule has 0 aliphatic carbocycles. The molecule has 0 radical (unpaired) electrons. The molecule has 0 amide bonds. The van der Waals surface area contributed by atoms with E-state index in [1.165, 1.54) is 33.0 Å². The molecule has 8 heteroatoms. The third kappa shape index (κ3) is 3.63. The van der Waals surface area contributed by atoms with Crippen LogP contribution < -0.4 is 28.9 Å². The Morgan fingerprint density at radius 1 is 1.46 bits per heavy atom. The number of H-pyrrole nitrogens is 1. The van der Waals surface area contributed by atoms with Crippen LogP contribution >= 0.6 is 0 Å². The summed E-state index contributed by atoms with van der Waals surface area (Å²) in [6.07, 6.45) is 3.30. The average Bonchev–Trinajstić information content (AvgIpc) is 3.05. The summed E-state index contributed by atoms with van der Waals surface area (Å²) in [5.74, 6) is 0.326. The first-order valence-electron chi connectivity index (χ1n) is 8.89. The largest absolute Gasteiger partial charge is 1.00 e. The topological polar surface area (TPSA) is 90.5 Å². The van der Waals surface area contributed by atoms with Crippen LogP contribution in [0.4, 0.5) is 0 Å². The number of fused-ring (bicyclic) bond motifs is 4. The molecule has 1 aromatic heterocycles. The minimum absolute atomic E-state index is 0. The van der Waals surface area contributed by atoms with Crippen LogP contribution in [0, 0.1) is 5.92 Å². The predicted octanol–water partition coefficient (Wildman–Crippen LogP) is -1.39. The van der Waals surface area contributed by atoms with E-state index < -0.39 is 5.97 Å². The molecule has 136 valence electrons. The number of carboxylic acids is 1. The Balaban J connectivity index is 0.00000131. The van der Waals surface area contributed by atoms with E-state index in [1.54, 1.807) is 12.1 Å². The molecule has 2 aromatic rings. The summed E-state index contributed by atoms with van der Waals surface area (Å²) in [6, 6.07) is 3.88. The summed E-state index contributed by atoms with van der Waals surface area (Å²) in [5.41, 5.74) is 1.74. The minimum Gasteiger partial charge on any atom is -1.00 e. The molecule has 5 rings (SSSR count). The number of nitrogens with zero attached hydrogens (tertiary/aromatic N) is 2. The number of benzene rings is 1. The van der Waals surface area contributed by atoms with Gasteiger partial charge in [0.2, 0.25) is 0 Å². The van der Waals surface area contributed by atoms with Gasteiger partial charge in [0.05, 0.1) is 18.2 Å². The van der Waals surface area contributed by atoms with Crippen molar-refractivity contribution in [2.75, 3.05) is 33.3 Å². The summed E-state index contributed by atoms with van der Waals surface area (Å²) in [7, 11) is 1.53. The Bertz CT molecular complexity index is 792. The molecular formula is C18H25LiN4O3. The molecule has 3 fully saturated rings.